The van der Waals surface area contributed by atoms with Crippen molar-refractivity contribution >= 4 is 40.7 Å². The zero-order valence-electron chi connectivity index (χ0n) is 12.1. The third kappa shape index (κ3) is 3.98. The molecule has 2 aromatic rings. The van der Waals surface area contributed by atoms with Crippen LogP contribution in [0.25, 0.3) is 10.8 Å². The van der Waals surface area contributed by atoms with Gasteiger partial charge in [-0.25, -0.2) is 0 Å². The van der Waals surface area contributed by atoms with Crippen molar-refractivity contribution in [2.75, 3.05) is 11.1 Å². The largest absolute Gasteiger partial charge is 0.326 e. The molecule has 2 rings (SSSR count). The maximum atomic E-state index is 12.0. The average Bonchev–Trinajstić information content (AvgIpc) is 2.51. The van der Waals surface area contributed by atoms with Crippen molar-refractivity contribution in [1.82, 2.24) is 0 Å². The first kappa shape index (κ1) is 16.3. The van der Waals surface area contributed by atoms with E-state index in [2.05, 4.69) is 17.9 Å². The molecule has 0 aliphatic carbocycles. The maximum absolute atomic E-state index is 12.0. The second-order valence-electron chi connectivity index (χ2n) is 5.02. The van der Waals surface area contributed by atoms with E-state index in [9.17, 15) is 14.9 Å². The van der Waals surface area contributed by atoms with E-state index in [0.717, 1.165) is 25.0 Å². The number of carbonyl (C=O) groups is 1. The van der Waals surface area contributed by atoms with Crippen LogP contribution in [0.4, 0.5) is 11.4 Å². The van der Waals surface area contributed by atoms with Crippen LogP contribution in [-0.2, 0) is 4.79 Å². The van der Waals surface area contributed by atoms with Crippen LogP contribution in [0.15, 0.2) is 36.4 Å². The Hall–Kier alpha value is -2.08. The van der Waals surface area contributed by atoms with Crippen molar-refractivity contribution in [3.05, 3.63) is 46.5 Å². The van der Waals surface area contributed by atoms with Gasteiger partial charge in [0, 0.05) is 23.6 Å². The Morgan fingerprint density at radius 2 is 1.82 bits per heavy atom. The number of hydrogen-bond acceptors (Lipinski definition) is 4. The van der Waals surface area contributed by atoms with E-state index in [-0.39, 0.29) is 11.6 Å². The van der Waals surface area contributed by atoms with E-state index in [0.29, 0.717) is 22.9 Å². The van der Waals surface area contributed by atoms with E-state index < -0.39 is 4.92 Å². The summed E-state index contributed by atoms with van der Waals surface area (Å²) in [5.41, 5.74) is 0.655. The fraction of sp³-hybridized carbons (Fsp3) is 0.312. The molecule has 2 aromatic carbocycles. The molecule has 0 aromatic heterocycles. The Labute approximate surface area is 134 Å². The molecule has 22 heavy (non-hydrogen) atoms. The molecular formula is C16H18N2O3S. The van der Waals surface area contributed by atoms with Crippen LogP contribution in [0.2, 0.25) is 0 Å². The van der Waals surface area contributed by atoms with Gasteiger partial charge in [0.15, 0.2) is 0 Å². The van der Waals surface area contributed by atoms with E-state index in [1.54, 1.807) is 30.3 Å². The van der Waals surface area contributed by atoms with Crippen LogP contribution in [0.5, 0.6) is 0 Å². The molecule has 0 saturated heterocycles. The van der Waals surface area contributed by atoms with Crippen LogP contribution in [0, 0.1) is 10.1 Å². The summed E-state index contributed by atoms with van der Waals surface area (Å²) in [6.45, 7) is 0. The number of nitrogens with one attached hydrogen (secondary N) is 1. The first-order chi connectivity index (χ1) is 10.6. The van der Waals surface area contributed by atoms with E-state index in [1.807, 2.05) is 0 Å². The van der Waals surface area contributed by atoms with E-state index >= 15 is 0 Å². The number of amides is 1. The second-order valence-corrected chi connectivity index (χ2v) is 5.46. The predicted molar refractivity (Wildman–Crippen MR) is 91.6 cm³/mol. The number of rotatable bonds is 7. The second kappa shape index (κ2) is 7.79. The lowest BCUT2D eigenvalue weighted by Gasteiger charge is -2.09. The van der Waals surface area contributed by atoms with Gasteiger partial charge in [0.2, 0.25) is 5.91 Å². The fourth-order valence-electron chi connectivity index (χ4n) is 2.34. The highest BCUT2D eigenvalue weighted by Gasteiger charge is 2.14. The number of nitro benzene ring substituents is 1. The molecular weight excluding hydrogens is 300 g/mol. The molecule has 0 atom stereocenters. The number of hydrogen-bond donors (Lipinski definition) is 2. The van der Waals surface area contributed by atoms with Gasteiger partial charge < -0.3 is 5.32 Å². The molecule has 116 valence electrons. The van der Waals surface area contributed by atoms with Gasteiger partial charge in [-0.2, -0.15) is 12.6 Å². The van der Waals surface area contributed by atoms with Crippen molar-refractivity contribution in [3.8, 4) is 0 Å². The monoisotopic (exact) mass is 318 g/mol. The number of carbonyl (C=O) groups excluding carboxylic acids is 1. The zero-order chi connectivity index (χ0) is 15.9. The molecule has 5 nitrogen and oxygen atoms in total. The van der Waals surface area contributed by atoms with Gasteiger partial charge in [-0.15, -0.1) is 0 Å². The molecule has 0 radical (unpaired) electrons. The topological polar surface area (TPSA) is 72.2 Å². The van der Waals surface area contributed by atoms with Gasteiger partial charge >= 0.3 is 0 Å². The third-order valence-electron chi connectivity index (χ3n) is 3.43. The van der Waals surface area contributed by atoms with Crippen LogP contribution in [0.1, 0.15) is 25.7 Å². The lowest BCUT2D eigenvalue weighted by molar-refractivity contribution is -0.383. The van der Waals surface area contributed by atoms with Crippen molar-refractivity contribution in [2.24, 2.45) is 0 Å². The quantitative estimate of drug-likeness (QED) is 0.348. The van der Waals surface area contributed by atoms with Gasteiger partial charge in [0.25, 0.3) is 5.69 Å². The molecule has 0 spiro atoms. The summed E-state index contributed by atoms with van der Waals surface area (Å²) in [5, 5.41) is 15.1. The summed E-state index contributed by atoms with van der Waals surface area (Å²) in [6.07, 6.45) is 3.23. The number of fused-ring (bicyclic) bond motifs is 1. The Morgan fingerprint density at radius 3 is 2.50 bits per heavy atom. The number of nitro groups is 1. The number of benzene rings is 2. The van der Waals surface area contributed by atoms with Gasteiger partial charge in [-0.3, -0.25) is 14.9 Å². The Balaban J connectivity index is 2.17. The van der Waals surface area contributed by atoms with Crippen LogP contribution >= 0.6 is 12.6 Å². The van der Waals surface area contributed by atoms with Crippen molar-refractivity contribution in [3.63, 3.8) is 0 Å². The van der Waals surface area contributed by atoms with Crippen LogP contribution in [0.3, 0.4) is 0 Å². The standard InChI is InChI=1S/C16H18N2O3S/c19-16(8-2-1-5-11-22)17-14-9-10-15(18(20)21)13-7-4-3-6-12(13)14/h3-4,6-7,9-10,22H,1-2,5,8,11H2,(H,17,19). The fourth-order valence-corrected chi connectivity index (χ4v) is 2.56. The predicted octanol–water partition coefficient (Wildman–Crippen LogP) is 4.18. The van der Waals surface area contributed by atoms with Crippen molar-refractivity contribution < 1.29 is 9.72 Å². The number of nitrogens with zero attached hydrogens (tertiary/aromatic N) is 1. The number of non-ortho nitro benzene ring substituents is 1. The highest BCUT2D eigenvalue weighted by Crippen LogP contribution is 2.31. The summed E-state index contributed by atoms with van der Waals surface area (Å²) in [7, 11) is 0. The SMILES string of the molecule is O=C(CCCCCS)Nc1ccc([N+](=O)[O-])c2ccccc12. The molecule has 0 fully saturated rings. The summed E-state index contributed by atoms with van der Waals surface area (Å²) >= 11 is 4.14. The zero-order valence-corrected chi connectivity index (χ0v) is 13.0. The summed E-state index contributed by atoms with van der Waals surface area (Å²) in [5.74, 6) is 0.757. The summed E-state index contributed by atoms with van der Waals surface area (Å²) < 4.78 is 0. The van der Waals surface area contributed by atoms with Gasteiger partial charge in [-0.1, -0.05) is 24.6 Å². The van der Waals surface area contributed by atoms with E-state index in [1.165, 1.54) is 6.07 Å². The number of thiol groups is 1. The van der Waals surface area contributed by atoms with Gasteiger partial charge in [0.1, 0.15) is 0 Å². The molecule has 0 aliphatic heterocycles. The molecule has 1 amide bonds. The Bertz CT molecular complexity index is 688. The molecule has 6 heteroatoms. The van der Waals surface area contributed by atoms with Gasteiger partial charge in [-0.05, 0) is 30.7 Å². The highest BCUT2D eigenvalue weighted by molar-refractivity contribution is 7.80. The molecule has 0 saturated carbocycles. The minimum Gasteiger partial charge on any atom is -0.326 e. The average molecular weight is 318 g/mol. The minimum atomic E-state index is -0.411. The molecule has 1 N–H and O–H groups in total. The molecule has 0 aliphatic rings. The highest BCUT2D eigenvalue weighted by atomic mass is 32.1. The molecule has 0 bridgehead atoms. The first-order valence-electron chi connectivity index (χ1n) is 7.20. The first-order valence-corrected chi connectivity index (χ1v) is 7.83. The maximum Gasteiger partial charge on any atom is 0.277 e. The van der Waals surface area contributed by atoms with Crippen LogP contribution < -0.4 is 5.32 Å². The van der Waals surface area contributed by atoms with Crippen molar-refractivity contribution in [1.29, 1.82) is 0 Å². The molecule has 0 unspecified atom stereocenters. The van der Waals surface area contributed by atoms with Gasteiger partial charge in [0.05, 0.1) is 10.3 Å². The normalized spacial score (nSPS) is 10.6. The lowest BCUT2D eigenvalue weighted by Crippen LogP contribution is -2.11. The lowest BCUT2D eigenvalue weighted by atomic mass is 10.1. The van der Waals surface area contributed by atoms with E-state index in [4.69, 9.17) is 0 Å². The number of anilines is 1. The Morgan fingerprint density at radius 1 is 1.09 bits per heavy atom. The number of unbranched alkanes of at least 4 members (excludes halogenated alkanes) is 2. The minimum absolute atomic E-state index is 0.0439. The van der Waals surface area contributed by atoms with Crippen molar-refractivity contribution in [2.45, 2.75) is 25.7 Å². The van der Waals surface area contributed by atoms with Crippen LogP contribution in [-0.4, -0.2) is 16.6 Å². The summed E-state index contributed by atoms with van der Waals surface area (Å²) in [6, 6.07) is 10.0. The Kier molecular flexibility index (Phi) is 5.77. The smallest absolute Gasteiger partial charge is 0.277 e. The summed E-state index contributed by atoms with van der Waals surface area (Å²) in [4.78, 5) is 22.6. The third-order valence-corrected chi connectivity index (χ3v) is 3.75. The molecule has 0 heterocycles.